The van der Waals surface area contributed by atoms with Gasteiger partial charge in [0.25, 0.3) is 0 Å². The Balaban J connectivity index is 2.54. The molecule has 0 aliphatic rings. The van der Waals surface area contributed by atoms with Crippen LogP contribution < -0.4 is 5.73 Å². The molecule has 0 bridgehead atoms. The second-order valence-corrected chi connectivity index (χ2v) is 4.39. The Kier molecular flexibility index (Phi) is 2.69. The van der Waals surface area contributed by atoms with Crippen LogP contribution in [0.25, 0.3) is 11.1 Å². The molecule has 0 atom stereocenters. The maximum Gasteiger partial charge on any atom is 0.0349 e. The van der Waals surface area contributed by atoms with Gasteiger partial charge >= 0.3 is 0 Å². The summed E-state index contributed by atoms with van der Waals surface area (Å²) >= 11 is 0. The molecule has 2 aromatic rings. The highest BCUT2D eigenvalue weighted by atomic mass is 14.6. The highest BCUT2D eigenvalue weighted by Crippen LogP contribution is 2.27. The van der Waals surface area contributed by atoms with Crippen LogP contribution in [-0.4, -0.2) is 0 Å². The van der Waals surface area contributed by atoms with Crippen molar-refractivity contribution >= 4 is 5.69 Å². The lowest BCUT2D eigenvalue weighted by molar-refractivity contribution is 1.38. The summed E-state index contributed by atoms with van der Waals surface area (Å²) in [6.45, 7) is 6.28. The zero-order chi connectivity index (χ0) is 11.7. The monoisotopic (exact) mass is 211 g/mol. The van der Waals surface area contributed by atoms with E-state index < -0.39 is 0 Å². The molecular formula is C15H17N. The molecule has 0 fully saturated rings. The van der Waals surface area contributed by atoms with Crippen molar-refractivity contribution in [1.29, 1.82) is 0 Å². The van der Waals surface area contributed by atoms with Gasteiger partial charge in [0.15, 0.2) is 0 Å². The summed E-state index contributed by atoms with van der Waals surface area (Å²) < 4.78 is 0. The van der Waals surface area contributed by atoms with E-state index in [2.05, 4.69) is 44.2 Å². The number of aryl methyl sites for hydroxylation is 3. The zero-order valence-corrected chi connectivity index (χ0v) is 10.0. The van der Waals surface area contributed by atoms with Crippen LogP contribution in [0.5, 0.6) is 0 Å². The van der Waals surface area contributed by atoms with Gasteiger partial charge in [-0.2, -0.15) is 0 Å². The van der Waals surface area contributed by atoms with Crippen molar-refractivity contribution in [3.63, 3.8) is 0 Å². The van der Waals surface area contributed by atoms with Crippen molar-refractivity contribution < 1.29 is 0 Å². The van der Waals surface area contributed by atoms with Gasteiger partial charge in [0, 0.05) is 5.69 Å². The predicted octanol–water partition coefficient (Wildman–Crippen LogP) is 3.86. The number of rotatable bonds is 1. The Morgan fingerprint density at radius 1 is 0.812 bits per heavy atom. The minimum atomic E-state index is 0.859. The zero-order valence-electron chi connectivity index (χ0n) is 10.0. The highest BCUT2D eigenvalue weighted by Gasteiger charge is 2.03. The lowest BCUT2D eigenvalue weighted by Crippen LogP contribution is -1.91. The van der Waals surface area contributed by atoms with Crippen molar-refractivity contribution in [2.24, 2.45) is 0 Å². The van der Waals surface area contributed by atoms with E-state index in [0.29, 0.717) is 0 Å². The summed E-state index contributed by atoms with van der Waals surface area (Å²) in [7, 11) is 0. The van der Waals surface area contributed by atoms with Gasteiger partial charge in [-0.15, -0.1) is 0 Å². The van der Waals surface area contributed by atoms with E-state index in [-0.39, 0.29) is 0 Å². The van der Waals surface area contributed by atoms with Gasteiger partial charge in [-0.3, -0.25) is 0 Å². The van der Waals surface area contributed by atoms with E-state index in [0.717, 1.165) is 11.3 Å². The molecule has 2 rings (SSSR count). The summed E-state index contributed by atoms with van der Waals surface area (Å²) in [6.07, 6.45) is 0. The average molecular weight is 211 g/mol. The normalized spacial score (nSPS) is 10.4. The molecule has 0 aliphatic heterocycles. The minimum absolute atomic E-state index is 0.859. The molecule has 0 radical (unpaired) electrons. The molecule has 0 aromatic heterocycles. The Labute approximate surface area is 96.9 Å². The number of nitrogens with two attached hydrogens (primary N) is 1. The maximum atomic E-state index is 5.94. The number of nitrogen functional groups attached to an aromatic ring is 1. The summed E-state index contributed by atoms with van der Waals surface area (Å²) in [5, 5.41) is 0. The van der Waals surface area contributed by atoms with Crippen molar-refractivity contribution in [2.75, 3.05) is 5.73 Å². The van der Waals surface area contributed by atoms with E-state index in [9.17, 15) is 0 Å². The average Bonchev–Trinajstić information content (AvgIpc) is 2.22. The van der Waals surface area contributed by atoms with Crippen LogP contribution in [0.2, 0.25) is 0 Å². The van der Waals surface area contributed by atoms with Crippen molar-refractivity contribution in [3.05, 3.63) is 53.1 Å². The highest BCUT2D eigenvalue weighted by molar-refractivity contribution is 5.71. The molecule has 2 aromatic carbocycles. The summed E-state index contributed by atoms with van der Waals surface area (Å²) in [6, 6.07) is 12.7. The summed E-state index contributed by atoms with van der Waals surface area (Å²) in [5.41, 5.74) is 13.0. The van der Waals surface area contributed by atoms with Gasteiger partial charge in [0.05, 0.1) is 0 Å². The third-order valence-electron chi connectivity index (χ3n) is 2.97. The third kappa shape index (κ3) is 1.94. The van der Waals surface area contributed by atoms with Gasteiger partial charge in [0.1, 0.15) is 0 Å². The van der Waals surface area contributed by atoms with E-state index in [4.69, 9.17) is 5.73 Å². The van der Waals surface area contributed by atoms with Gasteiger partial charge in [0.2, 0.25) is 0 Å². The fourth-order valence-corrected chi connectivity index (χ4v) is 1.95. The molecule has 0 saturated carbocycles. The number of anilines is 1. The Hall–Kier alpha value is -1.76. The van der Waals surface area contributed by atoms with Gasteiger partial charge in [-0.1, -0.05) is 35.9 Å². The molecule has 0 unspecified atom stereocenters. The van der Waals surface area contributed by atoms with Crippen LogP contribution in [0, 0.1) is 20.8 Å². The van der Waals surface area contributed by atoms with Crippen LogP contribution in [-0.2, 0) is 0 Å². The molecule has 0 spiro atoms. The summed E-state index contributed by atoms with van der Waals surface area (Å²) in [5.74, 6) is 0. The van der Waals surface area contributed by atoms with Crippen LogP contribution in [0.3, 0.4) is 0 Å². The number of benzene rings is 2. The Morgan fingerprint density at radius 3 is 2.19 bits per heavy atom. The van der Waals surface area contributed by atoms with E-state index in [1.165, 1.54) is 22.3 Å². The van der Waals surface area contributed by atoms with Crippen LogP contribution in [0.15, 0.2) is 36.4 Å². The van der Waals surface area contributed by atoms with Gasteiger partial charge in [-0.25, -0.2) is 0 Å². The molecule has 0 heterocycles. The smallest absolute Gasteiger partial charge is 0.0349 e. The largest absolute Gasteiger partial charge is 0.398 e. The molecule has 1 nitrogen and oxygen atoms in total. The Morgan fingerprint density at radius 2 is 1.56 bits per heavy atom. The lowest BCUT2D eigenvalue weighted by atomic mass is 9.97. The van der Waals surface area contributed by atoms with Crippen molar-refractivity contribution in [2.45, 2.75) is 20.8 Å². The van der Waals surface area contributed by atoms with Crippen LogP contribution in [0.1, 0.15) is 16.7 Å². The SMILES string of the molecule is Cc1ccc(-c2ccc(C)c(N)c2)c(C)c1. The van der Waals surface area contributed by atoms with Crippen LogP contribution in [0.4, 0.5) is 5.69 Å². The second kappa shape index (κ2) is 4.01. The topological polar surface area (TPSA) is 26.0 Å². The molecular weight excluding hydrogens is 194 g/mol. The first-order chi connectivity index (χ1) is 7.58. The first kappa shape index (κ1) is 10.7. The third-order valence-corrected chi connectivity index (χ3v) is 2.97. The van der Waals surface area contributed by atoms with E-state index >= 15 is 0 Å². The standard InChI is InChI=1S/C15H17N/c1-10-4-7-14(12(3)8-10)13-6-5-11(2)15(16)9-13/h4-9H,16H2,1-3H3. The van der Waals surface area contributed by atoms with Gasteiger partial charge in [-0.05, 0) is 49.1 Å². The maximum absolute atomic E-state index is 5.94. The molecule has 1 heteroatoms. The quantitative estimate of drug-likeness (QED) is 0.712. The van der Waals surface area contributed by atoms with Gasteiger partial charge < -0.3 is 5.73 Å². The summed E-state index contributed by atoms with van der Waals surface area (Å²) in [4.78, 5) is 0. The van der Waals surface area contributed by atoms with Crippen molar-refractivity contribution in [3.8, 4) is 11.1 Å². The van der Waals surface area contributed by atoms with Crippen molar-refractivity contribution in [1.82, 2.24) is 0 Å². The Bertz CT molecular complexity index is 527. The molecule has 16 heavy (non-hydrogen) atoms. The first-order valence-corrected chi connectivity index (χ1v) is 5.51. The predicted molar refractivity (Wildman–Crippen MR) is 70.5 cm³/mol. The minimum Gasteiger partial charge on any atom is -0.398 e. The fraction of sp³-hybridized carbons (Fsp3) is 0.200. The van der Waals surface area contributed by atoms with E-state index in [1.807, 2.05) is 13.0 Å². The lowest BCUT2D eigenvalue weighted by Gasteiger charge is -2.09. The molecule has 82 valence electrons. The van der Waals surface area contributed by atoms with E-state index in [1.54, 1.807) is 0 Å². The molecule has 2 N–H and O–H groups in total. The second-order valence-electron chi connectivity index (χ2n) is 4.39. The number of hydrogen-bond acceptors (Lipinski definition) is 1. The first-order valence-electron chi connectivity index (χ1n) is 5.51. The number of hydrogen-bond donors (Lipinski definition) is 1. The molecule has 0 amide bonds. The molecule has 0 aliphatic carbocycles. The van der Waals surface area contributed by atoms with Crippen LogP contribution >= 0.6 is 0 Å². The fourth-order valence-electron chi connectivity index (χ4n) is 1.95. The molecule has 0 saturated heterocycles.